The molecule has 0 spiro atoms. The minimum atomic E-state index is -1.95. The summed E-state index contributed by atoms with van der Waals surface area (Å²) in [7, 11) is 4.02. The first kappa shape index (κ1) is 46.2. The van der Waals surface area contributed by atoms with Crippen LogP contribution in [0.4, 0.5) is 10.5 Å². The van der Waals surface area contributed by atoms with Gasteiger partial charge in [0, 0.05) is 41.3 Å². The van der Waals surface area contributed by atoms with Gasteiger partial charge < -0.3 is 50.7 Å². The minimum absolute atomic E-state index is 0.0294. The lowest BCUT2D eigenvalue weighted by Crippen LogP contribution is -2.54. The summed E-state index contributed by atoms with van der Waals surface area (Å²) in [6.07, 6.45) is 0.312. The molecule has 2 aliphatic rings. The standard InChI is InChI=1S/C46H59N9O8/c1-8-46(34-22-37-39-32(23-55(37)42(58)33(34)25-61-43(46)59)30(19-21-54(6)7)31-12-9-10-13-35(31)52-39)63-45(60)62-24-28-15-17-29(18-16-28)51-40(56)36(14-11-20-49-44(47)48)53-41(57)38(26(2)3)50-27(4)5/h9-10,12-13,15-18,22,26-27,36,38,50H,8,11,14,19-21,23-25H2,1-7H3,(H,51,56)(H,53,57)(H4,47,48,49)/t36-,38-,46-/m0/s1. The van der Waals surface area contributed by atoms with Crippen LogP contribution in [0.5, 0.6) is 0 Å². The Morgan fingerprint density at radius 1 is 1.03 bits per heavy atom. The summed E-state index contributed by atoms with van der Waals surface area (Å²) in [5.74, 6) is -1.76. The van der Waals surface area contributed by atoms with Crippen molar-refractivity contribution in [1.82, 2.24) is 30.4 Å². The highest BCUT2D eigenvalue weighted by molar-refractivity contribution is 5.98. The molecule has 0 aliphatic carbocycles. The van der Waals surface area contributed by atoms with Crippen LogP contribution in [0.25, 0.3) is 22.3 Å². The maximum atomic E-state index is 14.2. The number of rotatable bonds is 18. The van der Waals surface area contributed by atoms with Crippen molar-refractivity contribution in [2.75, 3.05) is 32.5 Å². The zero-order chi connectivity index (χ0) is 45.6. The van der Waals surface area contributed by atoms with Crippen molar-refractivity contribution in [2.45, 2.75) is 104 Å². The van der Waals surface area contributed by atoms with Crippen LogP contribution in [0.15, 0.2) is 59.4 Å². The van der Waals surface area contributed by atoms with Gasteiger partial charge in [0.25, 0.3) is 5.56 Å². The second kappa shape index (κ2) is 19.8. The molecule has 63 heavy (non-hydrogen) atoms. The summed E-state index contributed by atoms with van der Waals surface area (Å²) < 4.78 is 18.5. The lowest BCUT2D eigenvalue weighted by Gasteiger charge is -2.35. The summed E-state index contributed by atoms with van der Waals surface area (Å²) in [4.78, 5) is 75.2. The summed E-state index contributed by atoms with van der Waals surface area (Å²) in [6, 6.07) is 14.8. The summed E-state index contributed by atoms with van der Waals surface area (Å²) in [6.45, 7) is 10.4. The first-order valence-electron chi connectivity index (χ1n) is 21.4. The number of amides is 2. The van der Waals surface area contributed by atoms with Gasteiger partial charge in [0.05, 0.1) is 35.1 Å². The number of nitrogens with one attached hydrogen (secondary N) is 5. The van der Waals surface area contributed by atoms with E-state index >= 15 is 0 Å². The van der Waals surface area contributed by atoms with Crippen LogP contribution in [0.3, 0.4) is 0 Å². The molecule has 0 saturated carbocycles. The van der Waals surface area contributed by atoms with Gasteiger partial charge in [-0.3, -0.25) is 19.8 Å². The Kier molecular flexibility index (Phi) is 14.5. The number of carbonyl (C=O) groups is 4. The van der Waals surface area contributed by atoms with E-state index in [-0.39, 0.29) is 66.6 Å². The molecule has 2 aromatic carbocycles. The lowest BCUT2D eigenvalue weighted by molar-refractivity contribution is -0.175. The van der Waals surface area contributed by atoms with E-state index in [2.05, 4.69) is 26.2 Å². The summed E-state index contributed by atoms with van der Waals surface area (Å²) >= 11 is 0. The number of fused-ring (bicyclic) bond motifs is 5. The SMILES string of the molecule is CC[C@@]1(OC(=O)OCc2ccc(NC(=O)[C@H](CCCNC(=N)N)NC(=O)[C@@H](NC(C)C)C(C)C)cc2)C(=O)OCc2c1cc1n(c2=O)Cc2c-1nc1ccccc1c2CCN(C)C. The molecule has 0 fully saturated rings. The predicted molar refractivity (Wildman–Crippen MR) is 239 cm³/mol. The number of benzene rings is 2. The van der Waals surface area contributed by atoms with E-state index in [1.54, 1.807) is 41.8 Å². The lowest BCUT2D eigenvalue weighted by atomic mass is 9.85. The topological polar surface area (TPSA) is 232 Å². The van der Waals surface area contributed by atoms with Gasteiger partial charge in [-0.05, 0) is 81.1 Å². The van der Waals surface area contributed by atoms with E-state index in [9.17, 15) is 24.0 Å². The Hall–Kier alpha value is -6.33. The van der Waals surface area contributed by atoms with Crippen LogP contribution in [-0.4, -0.2) is 89.7 Å². The highest BCUT2D eigenvalue weighted by Crippen LogP contribution is 2.42. The first-order valence-corrected chi connectivity index (χ1v) is 21.4. The van der Waals surface area contributed by atoms with E-state index in [4.69, 9.17) is 30.3 Å². The predicted octanol–water partition coefficient (Wildman–Crippen LogP) is 4.25. The molecule has 6 rings (SSSR count). The molecule has 2 aromatic heterocycles. The smallest absolute Gasteiger partial charge is 0.457 e. The summed E-state index contributed by atoms with van der Waals surface area (Å²) in [5.41, 5.74) is 8.58. The molecule has 336 valence electrons. The van der Waals surface area contributed by atoms with Crippen molar-refractivity contribution in [1.29, 1.82) is 5.41 Å². The molecule has 4 heterocycles. The molecule has 17 heteroatoms. The van der Waals surface area contributed by atoms with E-state index in [0.717, 1.165) is 35.0 Å². The van der Waals surface area contributed by atoms with Crippen LogP contribution in [0.2, 0.25) is 0 Å². The fourth-order valence-electron chi connectivity index (χ4n) is 8.11. The molecular weight excluding hydrogens is 807 g/mol. The Balaban J connectivity index is 1.16. The van der Waals surface area contributed by atoms with Crippen molar-refractivity contribution in [3.63, 3.8) is 0 Å². The first-order chi connectivity index (χ1) is 30.0. The van der Waals surface area contributed by atoms with Gasteiger partial charge >= 0.3 is 12.1 Å². The third-order valence-electron chi connectivity index (χ3n) is 11.4. The van der Waals surface area contributed by atoms with Crippen molar-refractivity contribution in [2.24, 2.45) is 11.7 Å². The number of cyclic esters (lactones) is 1. The Labute approximate surface area is 366 Å². The Bertz CT molecular complexity index is 2430. The van der Waals surface area contributed by atoms with Gasteiger partial charge in [0.2, 0.25) is 17.4 Å². The van der Waals surface area contributed by atoms with Gasteiger partial charge in [0.1, 0.15) is 19.3 Å². The molecular formula is C46H59N9O8. The number of hydrogen-bond acceptors (Lipinski definition) is 12. The number of esters is 1. The number of aromatic nitrogens is 2. The quantitative estimate of drug-likeness (QED) is 0.0314. The van der Waals surface area contributed by atoms with Crippen LogP contribution in [-0.2, 0) is 60.4 Å². The van der Waals surface area contributed by atoms with E-state index in [1.165, 1.54) is 0 Å². The monoisotopic (exact) mass is 865 g/mol. The molecule has 17 nitrogen and oxygen atoms in total. The van der Waals surface area contributed by atoms with Crippen molar-refractivity contribution >= 4 is 46.5 Å². The molecule has 0 saturated heterocycles. The normalized spacial score (nSPS) is 16.2. The van der Waals surface area contributed by atoms with Crippen LogP contribution in [0.1, 0.15) is 81.7 Å². The molecule has 0 unspecified atom stereocenters. The van der Waals surface area contributed by atoms with E-state index < -0.39 is 35.7 Å². The average Bonchev–Trinajstić information content (AvgIpc) is 3.61. The maximum Gasteiger partial charge on any atom is 0.510 e. The molecule has 4 aromatic rings. The van der Waals surface area contributed by atoms with Crippen LogP contribution >= 0.6 is 0 Å². The second-order valence-electron chi connectivity index (χ2n) is 17.0. The minimum Gasteiger partial charge on any atom is -0.457 e. The number of anilines is 1. The van der Waals surface area contributed by atoms with Crippen molar-refractivity contribution in [3.8, 4) is 11.4 Å². The average molecular weight is 866 g/mol. The van der Waals surface area contributed by atoms with E-state index in [0.29, 0.717) is 42.1 Å². The number of likely N-dealkylation sites (N-methyl/N-ethyl adjacent to an activating group) is 1. The number of nitrogens with zero attached hydrogens (tertiary/aromatic N) is 3. The molecule has 2 aliphatic heterocycles. The highest BCUT2D eigenvalue weighted by atomic mass is 16.7. The molecule has 0 bridgehead atoms. The number of carbonyl (C=O) groups excluding carboxylic acids is 4. The third-order valence-corrected chi connectivity index (χ3v) is 11.4. The zero-order valence-electron chi connectivity index (χ0n) is 37.1. The van der Waals surface area contributed by atoms with Crippen molar-refractivity contribution < 1.29 is 33.4 Å². The molecule has 2 amide bonds. The molecule has 0 radical (unpaired) electrons. The number of nitrogens with two attached hydrogens (primary N) is 1. The van der Waals surface area contributed by atoms with Crippen LogP contribution < -0.4 is 32.6 Å². The largest absolute Gasteiger partial charge is 0.510 e. The number of para-hydroxylation sites is 1. The van der Waals surface area contributed by atoms with Gasteiger partial charge in [0.15, 0.2) is 5.96 Å². The van der Waals surface area contributed by atoms with Gasteiger partial charge in [-0.15, -0.1) is 0 Å². The number of pyridine rings is 2. The van der Waals surface area contributed by atoms with Crippen LogP contribution in [0, 0.1) is 11.3 Å². The molecule has 3 atom stereocenters. The number of guanidine groups is 1. The number of ether oxygens (including phenoxy) is 3. The Morgan fingerprint density at radius 3 is 2.43 bits per heavy atom. The fraction of sp³-hybridized carbons (Fsp3) is 0.457. The van der Waals surface area contributed by atoms with Gasteiger partial charge in [-0.1, -0.05) is 65.0 Å². The second-order valence-corrected chi connectivity index (χ2v) is 17.0. The maximum absolute atomic E-state index is 14.2. The fourth-order valence-corrected chi connectivity index (χ4v) is 8.11. The van der Waals surface area contributed by atoms with Gasteiger partial charge in [-0.2, -0.15) is 0 Å². The third kappa shape index (κ3) is 10.3. The molecule has 7 N–H and O–H groups in total. The Morgan fingerprint density at radius 2 is 1.76 bits per heavy atom. The summed E-state index contributed by atoms with van der Waals surface area (Å²) in [5, 5.41) is 20.1. The van der Waals surface area contributed by atoms with Crippen molar-refractivity contribution in [3.05, 3.63) is 92.8 Å². The van der Waals surface area contributed by atoms with E-state index in [1.807, 2.05) is 66.1 Å². The number of hydrogen-bond donors (Lipinski definition) is 6. The zero-order valence-corrected chi connectivity index (χ0v) is 37.1. The highest BCUT2D eigenvalue weighted by Gasteiger charge is 2.51. The van der Waals surface area contributed by atoms with Gasteiger partial charge in [-0.25, -0.2) is 14.6 Å².